The van der Waals surface area contributed by atoms with Crippen molar-refractivity contribution in [1.29, 1.82) is 0 Å². The van der Waals surface area contributed by atoms with Crippen LogP contribution >= 0.6 is 0 Å². The second-order valence-electron chi connectivity index (χ2n) is 2.95. The highest BCUT2D eigenvalue weighted by Crippen LogP contribution is 2.30. The smallest absolute Gasteiger partial charge is 0.172 e. The van der Waals surface area contributed by atoms with Gasteiger partial charge in [-0.05, 0) is 6.42 Å². The van der Waals surface area contributed by atoms with Gasteiger partial charge in [0.2, 0.25) is 0 Å². The standard InChI is InChI=1S/C8H16O3/c1-3-8(7(2)6-9)10-4-5-11-8/h7,9H,3-6H2,1-2H3/t7-/m0/s1. The Morgan fingerprint density at radius 2 is 2.00 bits per heavy atom. The van der Waals surface area contributed by atoms with Crippen molar-refractivity contribution in [2.24, 2.45) is 5.92 Å². The van der Waals surface area contributed by atoms with Gasteiger partial charge >= 0.3 is 0 Å². The average Bonchev–Trinajstić information content (AvgIpc) is 2.52. The van der Waals surface area contributed by atoms with Crippen LogP contribution in [0.2, 0.25) is 0 Å². The summed E-state index contributed by atoms with van der Waals surface area (Å²) in [5, 5.41) is 8.93. The van der Waals surface area contributed by atoms with E-state index in [0.717, 1.165) is 6.42 Å². The second-order valence-corrected chi connectivity index (χ2v) is 2.95. The van der Waals surface area contributed by atoms with E-state index in [2.05, 4.69) is 0 Å². The lowest BCUT2D eigenvalue weighted by Gasteiger charge is -2.31. The molecule has 3 nitrogen and oxygen atoms in total. The van der Waals surface area contributed by atoms with Gasteiger partial charge in [-0.2, -0.15) is 0 Å². The first-order chi connectivity index (χ1) is 5.25. The number of aliphatic hydroxyl groups is 1. The molecule has 1 N–H and O–H groups in total. The van der Waals surface area contributed by atoms with Crippen molar-refractivity contribution in [2.75, 3.05) is 19.8 Å². The van der Waals surface area contributed by atoms with E-state index < -0.39 is 5.79 Å². The molecule has 66 valence electrons. The Kier molecular flexibility index (Phi) is 2.87. The Balaban J connectivity index is 2.58. The maximum Gasteiger partial charge on any atom is 0.172 e. The molecule has 0 aromatic carbocycles. The molecule has 0 spiro atoms. The molecule has 1 atom stereocenters. The Morgan fingerprint density at radius 3 is 2.36 bits per heavy atom. The van der Waals surface area contributed by atoms with Crippen molar-refractivity contribution in [3.63, 3.8) is 0 Å². The molecule has 1 aliphatic heterocycles. The van der Waals surface area contributed by atoms with Gasteiger partial charge in [0.15, 0.2) is 5.79 Å². The van der Waals surface area contributed by atoms with E-state index in [-0.39, 0.29) is 12.5 Å². The second kappa shape index (κ2) is 3.52. The topological polar surface area (TPSA) is 38.7 Å². The summed E-state index contributed by atoms with van der Waals surface area (Å²) >= 11 is 0. The third-order valence-electron chi connectivity index (χ3n) is 2.29. The summed E-state index contributed by atoms with van der Waals surface area (Å²) in [6.45, 7) is 5.37. The van der Waals surface area contributed by atoms with E-state index in [9.17, 15) is 0 Å². The summed E-state index contributed by atoms with van der Waals surface area (Å²) < 4.78 is 10.9. The molecule has 0 amide bonds. The molecule has 3 heteroatoms. The van der Waals surface area contributed by atoms with Crippen LogP contribution in [0.1, 0.15) is 20.3 Å². The van der Waals surface area contributed by atoms with E-state index in [1.54, 1.807) is 0 Å². The van der Waals surface area contributed by atoms with Gasteiger partial charge in [0.25, 0.3) is 0 Å². The van der Waals surface area contributed by atoms with Crippen molar-refractivity contribution < 1.29 is 14.6 Å². The molecule has 11 heavy (non-hydrogen) atoms. The van der Waals surface area contributed by atoms with E-state index in [0.29, 0.717) is 13.2 Å². The minimum Gasteiger partial charge on any atom is -0.396 e. The largest absolute Gasteiger partial charge is 0.396 e. The van der Waals surface area contributed by atoms with Crippen molar-refractivity contribution in [1.82, 2.24) is 0 Å². The van der Waals surface area contributed by atoms with Crippen LogP contribution in [-0.4, -0.2) is 30.7 Å². The van der Waals surface area contributed by atoms with Gasteiger partial charge in [0.1, 0.15) is 0 Å². The number of rotatable bonds is 3. The molecule has 0 aromatic heterocycles. The van der Waals surface area contributed by atoms with Gasteiger partial charge in [-0.15, -0.1) is 0 Å². The number of hydrogen-bond donors (Lipinski definition) is 1. The van der Waals surface area contributed by atoms with Crippen LogP contribution in [-0.2, 0) is 9.47 Å². The molecule has 0 bridgehead atoms. The zero-order valence-corrected chi connectivity index (χ0v) is 7.17. The summed E-state index contributed by atoms with van der Waals surface area (Å²) in [6, 6.07) is 0. The molecule has 1 aliphatic rings. The van der Waals surface area contributed by atoms with Crippen LogP contribution in [0.4, 0.5) is 0 Å². The van der Waals surface area contributed by atoms with Gasteiger partial charge in [-0.1, -0.05) is 13.8 Å². The fourth-order valence-corrected chi connectivity index (χ4v) is 1.45. The van der Waals surface area contributed by atoms with Crippen LogP contribution in [0, 0.1) is 5.92 Å². The highest BCUT2D eigenvalue weighted by molar-refractivity contribution is 4.78. The minimum atomic E-state index is -0.505. The van der Waals surface area contributed by atoms with Gasteiger partial charge in [-0.25, -0.2) is 0 Å². The Morgan fingerprint density at radius 1 is 1.45 bits per heavy atom. The third-order valence-corrected chi connectivity index (χ3v) is 2.29. The predicted octanol–water partition coefficient (Wildman–Crippen LogP) is 0.768. The van der Waals surface area contributed by atoms with Gasteiger partial charge in [0.05, 0.1) is 19.8 Å². The van der Waals surface area contributed by atoms with E-state index in [4.69, 9.17) is 14.6 Å². The van der Waals surface area contributed by atoms with Crippen LogP contribution in [0.15, 0.2) is 0 Å². The lowest BCUT2D eigenvalue weighted by Crippen LogP contribution is -2.38. The molecule has 1 fully saturated rings. The van der Waals surface area contributed by atoms with E-state index in [1.165, 1.54) is 0 Å². The molecular weight excluding hydrogens is 144 g/mol. The van der Waals surface area contributed by atoms with E-state index >= 15 is 0 Å². The summed E-state index contributed by atoms with van der Waals surface area (Å²) in [6.07, 6.45) is 0.800. The first-order valence-corrected chi connectivity index (χ1v) is 4.14. The molecule has 0 unspecified atom stereocenters. The lowest BCUT2D eigenvalue weighted by molar-refractivity contribution is -0.200. The summed E-state index contributed by atoms with van der Waals surface area (Å²) in [7, 11) is 0. The SMILES string of the molecule is CCC1([C@@H](C)CO)OCCO1. The number of hydrogen-bond acceptors (Lipinski definition) is 3. The molecule has 1 heterocycles. The number of aliphatic hydroxyl groups excluding tert-OH is 1. The normalized spacial score (nSPS) is 25.4. The Bertz CT molecular complexity index is 119. The number of ether oxygens (including phenoxy) is 2. The van der Waals surface area contributed by atoms with Crippen molar-refractivity contribution in [3.8, 4) is 0 Å². The molecular formula is C8H16O3. The Labute approximate surface area is 67.3 Å². The zero-order chi connectivity index (χ0) is 8.32. The van der Waals surface area contributed by atoms with Crippen LogP contribution < -0.4 is 0 Å². The van der Waals surface area contributed by atoms with Crippen LogP contribution in [0.3, 0.4) is 0 Å². The molecule has 0 aromatic rings. The molecule has 1 saturated heterocycles. The predicted molar refractivity (Wildman–Crippen MR) is 41.2 cm³/mol. The molecule has 0 aliphatic carbocycles. The van der Waals surface area contributed by atoms with Crippen molar-refractivity contribution in [3.05, 3.63) is 0 Å². The highest BCUT2D eigenvalue weighted by Gasteiger charge is 2.39. The zero-order valence-electron chi connectivity index (χ0n) is 7.17. The summed E-state index contributed by atoms with van der Waals surface area (Å²) in [5.41, 5.74) is 0. The first kappa shape index (κ1) is 8.97. The maximum absolute atomic E-state index is 8.93. The minimum absolute atomic E-state index is 0.0648. The van der Waals surface area contributed by atoms with Crippen LogP contribution in [0.25, 0.3) is 0 Å². The molecule has 1 rings (SSSR count). The highest BCUT2D eigenvalue weighted by atomic mass is 16.7. The van der Waals surface area contributed by atoms with Gasteiger partial charge in [-0.3, -0.25) is 0 Å². The maximum atomic E-state index is 8.93. The van der Waals surface area contributed by atoms with E-state index in [1.807, 2.05) is 13.8 Å². The van der Waals surface area contributed by atoms with Crippen molar-refractivity contribution in [2.45, 2.75) is 26.1 Å². The monoisotopic (exact) mass is 160 g/mol. The lowest BCUT2D eigenvalue weighted by atomic mass is 9.99. The van der Waals surface area contributed by atoms with Crippen molar-refractivity contribution >= 4 is 0 Å². The van der Waals surface area contributed by atoms with Gasteiger partial charge in [0, 0.05) is 5.92 Å². The molecule has 0 saturated carbocycles. The van der Waals surface area contributed by atoms with Crippen LogP contribution in [0.5, 0.6) is 0 Å². The van der Waals surface area contributed by atoms with Gasteiger partial charge < -0.3 is 14.6 Å². The third kappa shape index (κ3) is 1.55. The Hall–Kier alpha value is -0.120. The fourth-order valence-electron chi connectivity index (χ4n) is 1.45. The average molecular weight is 160 g/mol. The fraction of sp³-hybridized carbons (Fsp3) is 1.00. The molecule has 0 radical (unpaired) electrons. The first-order valence-electron chi connectivity index (χ1n) is 4.14. The summed E-state index contributed by atoms with van der Waals surface area (Å²) in [5.74, 6) is -0.440. The summed E-state index contributed by atoms with van der Waals surface area (Å²) in [4.78, 5) is 0. The quantitative estimate of drug-likeness (QED) is 0.662.